The van der Waals surface area contributed by atoms with Crippen LogP contribution in [0.25, 0.3) is 0 Å². The lowest BCUT2D eigenvalue weighted by Crippen LogP contribution is -2.36. The smallest absolute Gasteiger partial charge is 0.112 e. The van der Waals surface area contributed by atoms with E-state index < -0.39 is 0 Å². The van der Waals surface area contributed by atoms with E-state index in [1.807, 2.05) is 0 Å². The number of methoxy groups -OCH3 is 1. The van der Waals surface area contributed by atoms with Gasteiger partial charge in [-0.3, -0.25) is 0 Å². The fourth-order valence-electron chi connectivity index (χ4n) is 3.04. The molecular formula is C14H23N3O. The number of fused-ring (bicyclic) bond motifs is 1. The van der Waals surface area contributed by atoms with Crippen molar-refractivity contribution in [2.75, 3.05) is 20.3 Å². The van der Waals surface area contributed by atoms with Gasteiger partial charge >= 0.3 is 0 Å². The standard InChI is InChI=1S/C14H23N3O/c1-14(2,9-18-3)17-12-6-7-15-8-11(12)16-13(17)10-4-5-10/h10,15H,4-9H2,1-3H3. The Morgan fingerprint density at radius 1 is 1.44 bits per heavy atom. The molecule has 1 aliphatic heterocycles. The molecule has 0 aromatic carbocycles. The number of imidazole rings is 1. The Labute approximate surface area is 109 Å². The first-order chi connectivity index (χ1) is 8.63. The Morgan fingerprint density at radius 2 is 2.22 bits per heavy atom. The van der Waals surface area contributed by atoms with Crippen LogP contribution in [-0.4, -0.2) is 29.8 Å². The molecule has 1 N–H and O–H groups in total. The second-order valence-corrected chi connectivity index (χ2v) is 6.15. The first-order valence-corrected chi connectivity index (χ1v) is 6.94. The van der Waals surface area contributed by atoms with E-state index in [2.05, 4.69) is 23.7 Å². The van der Waals surface area contributed by atoms with E-state index in [9.17, 15) is 0 Å². The van der Waals surface area contributed by atoms with Gasteiger partial charge in [-0.15, -0.1) is 0 Å². The summed E-state index contributed by atoms with van der Waals surface area (Å²) in [6.45, 7) is 7.23. The van der Waals surface area contributed by atoms with Crippen LogP contribution in [-0.2, 0) is 23.2 Å². The number of ether oxygens (including phenoxy) is 1. The SMILES string of the molecule is COCC(C)(C)n1c(C2CC2)nc2c1CCNC2. The highest BCUT2D eigenvalue weighted by Crippen LogP contribution is 2.42. The van der Waals surface area contributed by atoms with Gasteiger partial charge in [-0.1, -0.05) is 0 Å². The molecule has 1 aliphatic carbocycles. The van der Waals surface area contributed by atoms with Crippen molar-refractivity contribution in [1.29, 1.82) is 0 Å². The quantitative estimate of drug-likeness (QED) is 0.884. The number of aromatic nitrogens is 2. The van der Waals surface area contributed by atoms with Crippen molar-refractivity contribution >= 4 is 0 Å². The number of rotatable bonds is 4. The Balaban J connectivity index is 2.06. The van der Waals surface area contributed by atoms with E-state index in [-0.39, 0.29) is 5.54 Å². The van der Waals surface area contributed by atoms with E-state index in [1.54, 1.807) is 7.11 Å². The molecule has 4 nitrogen and oxygen atoms in total. The third-order valence-electron chi connectivity index (χ3n) is 3.96. The molecule has 2 aliphatic rings. The average molecular weight is 249 g/mol. The summed E-state index contributed by atoms with van der Waals surface area (Å²) in [6, 6.07) is 0. The molecule has 0 bridgehead atoms. The summed E-state index contributed by atoms with van der Waals surface area (Å²) in [7, 11) is 1.78. The molecule has 1 fully saturated rings. The predicted molar refractivity (Wildman–Crippen MR) is 70.8 cm³/mol. The van der Waals surface area contributed by atoms with Crippen molar-refractivity contribution < 1.29 is 4.74 Å². The molecule has 2 heterocycles. The van der Waals surface area contributed by atoms with Crippen LogP contribution in [0, 0.1) is 0 Å². The predicted octanol–water partition coefficient (Wildman–Crippen LogP) is 1.79. The average Bonchev–Trinajstić information content (AvgIpc) is 3.08. The highest BCUT2D eigenvalue weighted by molar-refractivity contribution is 5.26. The van der Waals surface area contributed by atoms with Gasteiger partial charge in [0.15, 0.2) is 0 Å². The molecular weight excluding hydrogens is 226 g/mol. The lowest BCUT2D eigenvalue weighted by Gasteiger charge is -2.31. The Hall–Kier alpha value is -0.870. The maximum absolute atomic E-state index is 5.41. The minimum atomic E-state index is 0.00456. The van der Waals surface area contributed by atoms with Gasteiger partial charge in [-0.05, 0) is 26.7 Å². The third-order valence-corrected chi connectivity index (χ3v) is 3.96. The monoisotopic (exact) mass is 249 g/mol. The highest BCUT2D eigenvalue weighted by Gasteiger charge is 2.36. The highest BCUT2D eigenvalue weighted by atomic mass is 16.5. The van der Waals surface area contributed by atoms with Crippen molar-refractivity contribution in [3.8, 4) is 0 Å². The third kappa shape index (κ3) is 1.97. The summed E-state index contributed by atoms with van der Waals surface area (Å²) < 4.78 is 7.89. The number of hydrogen-bond donors (Lipinski definition) is 1. The lowest BCUT2D eigenvalue weighted by molar-refractivity contribution is 0.105. The van der Waals surface area contributed by atoms with Crippen LogP contribution >= 0.6 is 0 Å². The zero-order valence-corrected chi connectivity index (χ0v) is 11.6. The summed E-state index contributed by atoms with van der Waals surface area (Å²) in [4.78, 5) is 4.91. The summed E-state index contributed by atoms with van der Waals surface area (Å²) in [5, 5.41) is 3.42. The summed E-state index contributed by atoms with van der Waals surface area (Å²) in [6.07, 6.45) is 3.68. The number of nitrogens with zero attached hydrogens (tertiary/aromatic N) is 2. The van der Waals surface area contributed by atoms with Crippen molar-refractivity contribution in [2.24, 2.45) is 0 Å². The molecule has 18 heavy (non-hydrogen) atoms. The molecule has 0 saturated heterocycles. The molecule has 0 spiro atoms. The van der Waals surface area contributed by atoms with E-state index in [4.69, 9.17) is 9.72 Å². The minimum absolute atomic E-state index is 0.00456. The molecule has 1 saturated carbocycles. The van der Waals surface area contributed by atoms with Gasteiger partial charge in [0.25, 0.3) is 0 Å². The van der Waals surface area contributed by atoms with Gasteiger partial charge in [-0.25, -0.2) is 4.98 Å². The van der Waals surface area contributed by atoms with E-state index >= 15 is 0 Å². The minimum Gasteiger partial charge on any atom is -0.382 e. The van der Waals surface area contributed by atoms with Gasteiger partial charge in [0, 0.05) is 38.2 Å². The zero-order chi connectivity index (χ0) is 12.8. The second-order valence-electron chi connectivity index (χ2n) is 6.15. The zero-order valence-electron chi connectivity index (χ0n) is 11.6. The topological polar surface area (TPSA) is 39.1 Å². The molecule has 0 radical (unpaired) electrons. The Bertz CT molecular complexity index is 446. The van der Waals surface area contributed by atoms with E-state index in [0.29, 0.717) is 5.92 Å². The normalized spacial score (nSPS) is 19.9. The van der Waals surface area contributed by atoms with Crippen LogP contribution in [0.15, 0.2) is 0 Å². The first-order valence-electron chi connectivity index (χ1n) is 6.94. The maximum Gasteiger partial charge on any atom is 0.112 e. The molecule has 3 rings (SSSR count). The van der Waals surface area contributed by atoms with E-state index in [1.165, 1.54) is 30.1 Å². The van der Waals surface area contributed by atoms with E-state index in [0.717, 1.165) is 26.1 Å². The van der Waals surface area contributed by atoms with Gasteiger partial charge in [-0.2, -0.15) is 0 Å². The van der Waals surface area contributed by atoms with Crippen LogP contribution in [0.2, 0.25) is 0 Å². The molecule has 0 atom stereocenters. The molecule has 1 aromatic rings. The van der Waals surface area contributed by atoms with Crippen molar-refractivity contribution in [3.05, 3.63) is 17.2 Å². The molecule has 0 amide bonds. The second kappa shape index (κ2) is 4.35. The summed E-state index contributed by atoms with van der Waals surface area (Å²) in [5.41, 5.74) is 2.69. The van der Waals surface area contributed by atoms with Crippen LogP contribution in [0.3, 0.4) is 0 Å². The summed E-state index contributed by atoms with van der Waals surface area (Å²) in [5.74, 6) is 1.98. The number of nitrogens with one attached hydrogen (secondary N) is 1. The summed E-state index contributed by atoms with van der Waals surface area (Å²) >= 11 is 0. The first kappa shape index (κ1) is 12.2. The molecule has 100 valence electrons. The molecule has 4 heteroatoms. The fraction of sp³-hybridized carbons (Fsp3) is 0.786. The van der Waals surface area contributed by atoms with Crippen LogP contribution in [0.4, 0.5) is 0 Å². The van der Waals surface area contributed by atoms with Crippen LogP contribution in [0.5, 0.6) is 0 Å². The Kier molecular flexibility index (Phi) is 2.94. The van der Waals surface area contributed by atoms with Crippen molar-refractivity contribution in [3.63, 3.8) is 0 Å². The van der Waals surface area contributed by atoms with Crippen LogP contribution < -0.4 is 5.32 Å². The van der Waals surface area contributed by atoms with Gasteiger partial charge in [0.05, 0.1) is 17.8 Å². The van der Waals surface area contributed by atoms with Gasteiger partial charge in [0.1, 0.15) is 5.82 Å². The van der Waals surface area contributed by atoms with Crippen LogP contribution in [0.1, 0.15) is 49.8 Å². The molecule has 1 aromatic heterocycles. The molecule has 0 unspecified atom stereocenters. The van der Waals surface area contributed by atoms with Crippen molar-refractivity contribution in [1.82, 2.24) is 14.9 Å². The Morgan fingerprint density at radius 3 is 2.89 bits per heavy atom. The largest absolute Gasteiger partial charge is 0.382 e. The lowest BCUT2D eigenvalue weighted by atomic mass is 10.0. The van der Waals surface area contributed by atoms with Crippen molar-refractivity contribution in [2.45, 2.75) is 51.1 Å². The van der Waals surface area contributed by atoms with Gasteiger partial charge in [0.2, 0.25) is 0 Å². The number of hydrogen-bond acceptors (Lipinski definition) is 3. The fourth-order valence-corrected chi connectivity index (χ4v) is 3.04. The van der Waals surface area contributed by atoms with Gasteiger partial charge < -0.3 is 14.6 Å². The maximum atomic E-state index is 5.41.